The summed E-state index contributed by atoms with van der Waals surface area (Å²) in [6, 6.07) is 6.12. The molecular weight excluding hydrogens is 314 g/mol. The molecule has 1 heterocycles. The highest BCUT2D eigenvalue weighted by Crippen LogP contribution is 2.25. The molecule has 0 aliphatic carbocycles. The molecule has 0 saturated carbocycles. The second kappa shape index (κ2) is 8.88. The second-order valence-corrected chi connectivity index (χ2v) is 6.76. The van der Waals surface area contributed by atoms with E-state index in [1.165, 1.54) is 5.69 Å². The third-order valence-corrected chi connectivity index (χ3v) is 4.96. The average molecular weight is 345 g/mol. The average Bonchev–Trinajstić information content (AvgIpc) is 2.97. The number of anilines is 2. The fourth-order valence-electron chi connectivity index (χ4n) is 3.32. The number of nitrogens with one attached hydrogen (secondary N) is 1. The van der Waals surface area contributed by atoms with Crippen LogP contribution >= 0.6 is 0 Å². The Kier molecular flexibility index (Phi) is 6.85. The summed E-state index contributed by atoms with van der Waals surface area (Å²) in [5, 5.41) is 3.02. The van der Waals surface area contributed by atoms with Gasteiger partial charge in [-0.3, -0.25) is 9.59 Å². The molecule has 1 aromatic carbocycles. The number of rotatable bonds is 8. The van der Waals surface area contributed by atoms with Crippen LogP contribution in [0, 0.1) is 12.8 Å². The summed E-state index contributed by atoms with van der Waals surface area (Å²) in [7, 11) is 0. The van der Waals surface area contributed by atoms with Gasteiger partial charge < -0.3 is 15.1 Å². The smallest absolute Gasteiger partial charge is 0.229 e. The van der Waals surface area contributed by atoms with Crippen molar-refractivity contribution in [1.82, 2.24) is 4.90 Å². The minimum atomic E-state index is -0.244. The van der Waals surface area contributed by atoms with E-state index in [1.54, 1.807) is 0 Å². The first-order valence-corrected chi connectivity index (χ1v) is 9.44. The van der Waals surface area contributed by atoms with Crippen molar-refractivity contribution in [2.24, 2.45) is 5.92 Å². The van der Waals surface area contributed by atoms with E-state index in [1.807, 2.05) is 24.0 Å². The van der Waals surface area contributed by atoms with Gasteiger partial charge >= 0.3 is 0 Å². The number of benzene rings is 1. The van der Waals surface area contributed by atoms with Gasteiger partial charge in [-0.05, 0) is 51.0 Å². The maximum atomic E-state index is 12.6. The molecule has 1 N–H and O–H groups in total. The molecule has 5 nitrogen and oxygen atoms in total. The van der Waals surface area contributed by atoms with E-state index < -0.39 is 0 Å². The molecule has 1 aliphatic rings. The van der Waals surface area contributed by atoms with E-state index in [2.05, 4.69) is 37.1 Å². The van der Waals surface area contributed by atoms with Crippen LogP contribution < -0.4 is 10.2 Å². The van der Waals surface area contributed by atoms with E-state index in [-0.39, 0.29) is 17.7 Å². The van der Waals surface area contributed by atoms with Gasteiger partial charge in [-0.15, -0.1) is 0 Å². The summed E-state index contributed by atoms with van der Waals surface area (Å²) in [5.74, 6) is -0.195. The number of hydrogen-bond acceptors (Lipinski definition) is 3. The van der Waals surface area contributed by atoms with Gasteiger partial charge in [0.1, 0.15) is 0 Å². The highest BCUT2D eigenvalue weighted by Gasteiger charge is 2.33. The minimum Gasteiger partial charge on any atom is -0.372 e. The van der Waals surface area contributed by atoms with Gasteiger partial charge in [-0.1, -0.05) is 13.3 Å². The van der Waals surface area contributed by atoms with Crippen LogP contribution in [0.4, 0.5) is 11.4 Å². The lowest BCUT2D eigenvalue weighted by Gasteiger charge is -2.22. The number of carbonyl (C=O) groups excluding carboxylic acids is 2. The highest BCUT2D eigenvalue weighted by molar-refractivity contribution is 5.97. The number of amides is 2. The van der Waals surface area contributed by atoms with Crippen molar-refractivity contribution >= 4 is 23.2 Å². The van der Waals surface area contributed by atoms with Gasteiger partial charge in [-0.2, -0.15) is 0 Å². The Bertz CT molecular complexity index is 611. The first-order valence-electron chi connectivity index (χ1n) is 9.44. The zero-order valence-corrected chi connectivity index (χ0v) is 16.0. The van der Waals surface area contributed by atoms with E-state index in [9.17, 15) is 9.59 Å². The first-order chi connectivity index (χ1) is 12.0. The number of carbonyl (C=O) groups is 2. The molecule has 1 unspecified atom stereocenters. The van der Waals surface area contributed by atoms with Gasteiger partial charge in [0.2, 0.25) is 11.8 Å². The summed E-state index contributed by atoms with van der Waals surface area (Å²) in [4.78, 5) is 28.7. The second-order valence-electron chi connectivity index (χ2n) is 6.76. The van der Waals surface area contributed by atoms with Crippen LogP contribution in [0.2, 0.25) is 0 Å². The first kappa shape index (κ1) is 19.3. The SMILES string of the molecule is CCCCN1CC(C(=O)Nc2ccc(N(CC)CC)cc2C)CC1=O. The molecule has 0 aromatic heterocycles. The normalized spacial score (nSPS) is 17.0. The predicted molar refractivity (Wildman–Crippen MR) is 103 cm³/mol. The fourth-order valence-corrected chi connectivity index (χ4v) is 3.32. The molecule has 25 heavy (non-hydrogen) atoms. The Labute approximate surface area is 151 Å². The topological polar surface area (TPSA) is 52.7 Å². The molecule has 1 aromatic rings. The summed E-state index contributed by atoms with van der Waals surface area (Å²) >= 11 is 0. The van der Waals surface area contributed by atoms with Crippen molar-refractivity contribution in [2.45, 2.75) is 47.0 Å². The third-order valence-electron chi connectivity index (χ3n) is 4.96. The van der Waals surface area contributed by atoms with Crippen LogP contribution in [0.3, 0.4) is 0 Å². The van der Waals surface area contributed by atoms with E-state index >= 15 is 0 Å². The maximum absolute atomic E-state index is 12.6. The van der Waals surface area contributed by atoms with E-state index in [0.29, 0.717) is 13.0 Å². The fraction of sp³-hybridized carbons (Fsp3) is 0.600. The Morgan fingerprint density at radius 2 is 2.00 bits per heavy atom. The van der Waals surface area contributed by atoms with Crippen LogP contribution in [0.15, 0.2) is 18.2 Å². The summed E-state index contributed by atoms with van der Waals surface area (Å²) in [6.07, 6.45) is 2.37. The van der Waals surface area contributed by atoms with Gasteiger partial charge in [0.05, 0.1) is 5.92 Å². The molecule has 2 amide bonds. The lowest BCUT2D eigenvalue weighted by Crippen LogP contribution is -2.29. The highest BCUT2D eigenvalue weighted by atomic mass is 16.2. The molecule has 0 radical (unpaired) electrons. The molecule has 0 spiro atoms. The van der Waals surface area contributed by atoms with Crippen LogP contribution in [0.25, 0.3) is 0 Å². The van der Waals surface area contributed by atoms with E-state index in [4.69, 9.17) is 0 Å². The summed E-state index contributed by atoms with van der Waals surface area (Å²) in [6.45, 7) is 11.6. The van der Waals surface area contributed by atoms with Crippen LogP contribution in [0.5, 0.6) is 0 Å². The van der Waals surface area contributed by atoms with Gasteiger partial charge in [0, 0.05) is 44.0 Å². The van der Waals surface area contributed by atoms with Crippen molar-refractivity contribution in [1.29, 1.82) is 0 Å². The Hall–Kier alpha value is -2.04. The van der Waals surface area contributed by atoms with Crippen molar-refractivity contribution in [3.05, 3.63) is 23.8 Å². The molecule has 0 bridgehead atoms. The van der Waals surface area contributed by atoms with Crippen LogP contribution in [-0.4, -0.2) is 42.9 Å². The predicted octanol–water partition coefficient (Wildman–Crippen LogP) is 3.43. The van der Waals surface area contributed by atoms with Crippen molar-refractivity contribution in [2.75, 3.05) is 36.4 Å². The molecule has 1 atom stereocenters. The van der Waals surface area contributed by atoms with Crippen molar-refractivity contribution in [3.63, 3.8) is 0 Å². The molecular formula is C20H31N3O2. The zero-order chi connectivity index (χ0) is 18.4. The monoisotopic (exact) mass is 345 g/mol. The Morgan fingerprint density at radius 3 is 2.60 bits per heavy atom. The number of unbranched alkanes of at least 4 members (excludes halogenated alkanes) is 1. The maximum Gasteiger partial charge on any atom is 0.229 e. The number of aryl methyl sites for hydroxylation is 1. The van der Waals surface area contributed by atoms with Crippen LogP contribution in [-0.2, 0) is 9.59 Å². The molecule has 5 heteroatoms. The number of nitrogens with zero attached hydrogens (tertiary/aromatic N) is 2. The minimum absolute atomic E-state index is 0.0500. The quantitative estimate of drug-likeness (QED) is 0.785. The molecule has 1 fully saturated rings. The Morgan fingerprint density at radius 1 is 1.28 bits per heavy atom. The zero-order valence-electron chi connectivity index (χ0n) is 16.0. The molecule has 138 valence electrons. The Balaban J connectivity index is 2.00. The van der Waals surface area contributed by atoms with Crippen molar-refractivity contribution in [3.8, 4) is 0 Å². The lowest BCUT2D eigenvalue weighted by molar-refractivity contribution is -0.128. The van der Waals surface area contributed by atoms with Gasteiger partial charge in [-0.25, -0.2) is 0 Å². The third kappa shape index (κ3) is 4.74. The van der Waals surface area contributed by atoms with E-state index in [0.717, 1.165) is 43.7 Å². The lowest BCUT2D eigenvalue weighted by atomic mass is 10.1. The number of hydrogen-bond donors (Lipinski definition) is 1. The standard InChI is InChI=1S/C20H31N3O2/c1-5-8-11-23-14-16(13-19(23)24)20(25)21-18-10-9-17(12-15(18)4)22(6-2)7-3/h9-10,12,16H,5-8,11,13-14H2,1-4H3,(H,21,25). The molecule has 2 rings (SSSR count). The summed E-state index contributed by atoms with van der Waals surface area (Å²) < 4.78 is 0. The molecule has 1 saturated heterocycles. The van der Waals surface area contributed by atoms with Gasteiger partial charge in [0.15, 0.2) is 0 Å². The largest absolute Gasteiger partial charge is 0.372 e. The van der Waals surface area contributed by atoms with Crippen molar-refractivity contribution < 1.29 is 9.59 Å². The summed E-state index contributed by atoms with van der Waals surface area (Å²) in [5.41, 5.74) is 3.05. The van der Waals surface area contributed by atoms with Crippen LogP contribution in [0.1, 0.15) is 45.6 Å². The van der Waals surface area contributed by atoms with Gasteiger partial charge in [0.25, 0.3) is 0 Å². The molecule has 1 aliphatic heterocycles. The number of likely N-dealkylation sites (tertiary alicyclic amines) is 1.